The number of fused-ring (bicyclic) bond motifs is 1. The average molecular weight is 287 g/mol. The van der Waals surface area contributed by atoms with Crippen molar-refractivity contribution in [1.82, 2.24) is 4.90 Å². The Hall–Kier alpha value is -2.38. The number of hydrogen-bond donors (Lipinski definition) is 0. The Bertz CT molecular complexity index is 754. The minimum atomic E-state index is 0.943. The van der Waals surface area contributed by atoms with Crippen LogP contribution >= 0.6 is 0 Å². The first kappa shape index (κ1) is 14.6. The Kier molecular flexibility index (Phi) is 4.67. The maximum absolute atomic E-state index is 2.33. The van der Waals surface area contributed by atoms with Gasteiger partial charge in [0, 0.05) is 13.1 Å². The molecule has 0 spiro atoms. The van der Waals surface area contributed by atoms with Crippen LogP contribution in [0.2, 0.25) is 0 Å². The zero-order valence-electron chi connectivity index (χ0n) is 12.9. The van der Waals surface area contributed by atoms with Crippen molar-refractivity contribution in [1.29, 1.82) is 0 Å². The highest BCUT2D eigenvalue weighted by Gasteiger charge is 2.03. The van der Waals surface area contributed by atoms with Crippen LogP contribution in [0.5, 0.6) is 0 Å². The molecule has 0 atom stereocenters. The average Bonchev–Trinajstić information content (AvgIpc) is 2.56. The maximum atomic E-state index is 2.33. The molecule has 0 bridgehead atoms. The molecule has 1 nitrogen and oxygen atoms in total. The van der Waals surface area contributed by atoms with Gasteiger partial charge in [0.2, 0.25) is 0 Å². The Morgan fingerprint density at radius 2 is 1.55 bits per heavy atom. The summed E-state index contributed by atoms with van der Waals surface area (Å²) in [6.45, 7) is 1.90. The molecule has 3 aromatic rings. The standard InChI is InChI=1S/C21H21N/c1-22(16-8-11-18-9-3-2-4-10-18)17-20-14-7-13-19-12-5-6-15-21(19)20/h2-15H,16-17H2,1H3. The normalized spacial score (nSPS) is 11.5. The number of likely N-dealkylation sites (N-methyl/N-ethyl adjacent to an activating group) is 1. The van der Waals surface area contributed by atoms with Gasteiger partial charge in [-0.3, -0.25) is 4.90 Å². The predicted octanol–water partition coefficient (Wildman–Crippen LogP) is 4.99. The molecular weight excluding hydrogens is 266 g/mol. The molecule has 1 heteroatoms. The van der Waals surface area contributed by atoms with E-state index in [0.717, 1.165) is 13.1 Å². The third kappa shape index (κ3) is 3.63. The van der Waals surface area contributed by atoms with Crippen molar-refractivity contribution in [2.75, 3.05) is 13.6 Å². The second-order valence-electron chi connectivity index (χ2n) is 5.65. The van der Waals surface area contributed by atoms with E-state index in [1.807, 2.05) is 6.07 Å². The second kappa shape index (κ2) is 7.06. The molecule has 3 aromatic carbocycles. The molecule has 110 valence electrons. The van der Waals surface area contributed by atoms with E-state index in [4.69, 9.17) is 0 Å². The minimum Gasteiger partial charge on any atom is -0.298 e. The topological polar surface area (TPSA) is 3.24 Å². The van der Waals surface area contributed by atoms with Crippen LogP contribution < -0.4 is 0 Å². The fourth-order valence-electron chi connectivity index (χ4n) is 2.72. The van der Waals surface area contributed by atoms with E-state index in [-0.39, 0.29) is 0 Å². The number of hydrogen-bond acceptors (Lipinski definition) is 1. The highest BCUT2D eigenvalue weighted by Crippen LogP contribution is 2.19. The van der Waals surface area contributed by atoms with Crippen molar-refractivity contribution in [3.8, 4) is 0 Å². The van der Waals surface area contributed by atoms with Crippen LogP contribution in [-0.4, -0.2) is 18.5 Å². The first-order valence-corrected chi connectivity index (χ1v) is 7.70. The first-order valence-electron chi connectivity index (χ1n) is 7.70. The summed E-state index contributed by atoms with van der Waals surface area (Å²) in [6.07, 6.45) is 4.40. The van der Waals surface area contributed by atoms with Gasteiger partial charge in [-0.05, 0) is 28.9 Å². The molecule has 0 unspecified atom stereocenters. The maximum Gasteiger partial charge on any atom is 0.0240 e. The smallest absolute Gasteiger partial charge is 0.0240 e. The van der Waals surface area contributed by atoms with Crippen molar-refractivity contribution in [2.24, 2.45) is 0 Å². The van der Waals surface area contributed by atoms with Gasteiger partial charge in [0.15, 0.2) is 0 Å². The molecule has 22 heavy (non-hydrogen) atoms. The lowest BCUT2D eigenvalue weighted by Crippen LogP contribution is -2.17. The summed E-state index contributed by atoms with van der Waals surface area (Å²) in [5, 5.41) is 2.66. The van der Waals surface area contributed by atoms with Gasteiger partial charge < -0.3 is 0 Å². The van der Waals surface area contributed by atoms with Crippen LogP contribution in [0.15, 0.2) is 78.9 Å². The van der Waals surface area contributed by atoms with Crippen molar-refractivity contribution < 1.29 is 0 Å². The largest absolute Gasteiger partial charge is 0.298 e. The summed E-state index contributed by atoms with van der Waals surface area (Å²) in [5.74, 6) is 0. The molecule has 0 aliphatic heterocycles. The molecule has 0 saturated heterocycles. The zero-order chi connectivity index (χ0) is 15.2. The number of benzene rings is 3. The Balaban J connectivity index is 1.66. The van der Waals surface area contributed by atoms with Crippen LogP contribution in [0, 0.1) is 0 Å². The zero-order valence-corrected chi connectivity index (χ0v) is 12.9. The van der Waals surface area contributed by atoms with Gasteiger partial charge >= 0.3 is 0 Å². The second-order valence-corrected chi connectivity index (χ2v) is 5.65. The lowest BCUT2D eigenvalue weighted by atomic mass is 10.0. The van der Waals surface area contributed by atoms with Gasteiger partial charge in [-0.1, -0.05) is 84.9 Å². The Morgan fingerprint density at radius 3 is 2.41 bits per heavy atom. The molecule has 0 amide bonds. The third-order valence-electron chi connectivity index (χ3n) is 3.85. The first-order chi connectivity index (χ1) is 10.8. The van der Waals surface area contributed by atoms with Crippen LogP contribution in [-0.2, 0) is 6.54 Å². The summed E-state index contributed by atoms with van der Waals surface area (Å²) in [5.41, 5.74) is 2.63. The lowest BCUT2D eigenvalue weighted by Gasteiger charge is -2.16. The molecule has 0 aliphatic rings. The van der Waals surface area contributed by atoms with Gasteiger partial charge in [-0.15, -0.1) is 0 Å². The molecule has 3 rings (SSSR count). The van der Waals surface area contributed by atoms with E-state index in [1.165, 1.54) is 21.9 Å². The molecule has 0 fully saturated rings. The molecule has 0 radical (unpaired) electrons. The summed E-state index contributed by atoms with van der Waals surface area (Å²) >= 11 is 0. The van der Waals surface area contributed by atoms with E-state index >= 15 is 0 Å². The quantitative estimate of drug-likeness (QED) is 0.639. The van der Waals surface area contributed by atoms with Gasteiger partial charge in [-0.25, -0.2) is 0 Å². The monoisotopic (exact) mass is 287 g/mol. The fraction of sp³-hybridized carbons (Fsp3) is 0.143. The highest BCUT2D eigenvalue weighted by atomic mass is 15.1. The lowest BCUT2D eigenvalue weighted by molar-refractivity contribution is 0.365. The van der Waals surface area contributed by atoms with Crippen LogP contribution in [0.3, 0.4) is 0 Å². The number of rotatable bonds is 5. The van der Waals surface area contributed by atoms with Crippen LogP contribution in [0.4, 0.5) is 0 Å². The molecular formula is C21H21N. The van der Waals surface area contributed by atoms with E-state index in [9.17, 15) is 0 Å². The number of nitrogens with zero attached hydrogens (tertiary/aromatic N) is 1. The van der Waals surface area contributed by atoms with Crippen molar-refractivity contribution in [3.05, 3.63) is 90.0 Å². The Labute approximate surface area is 132 Å². The minimum absolute atomic E-state index is 0.943. The molecule has 0 aromatic heterocycles. The van der Waals surface area contributed by atoms with Crippen molar-refractivity contribution >= 4 is 16.8 Å². The Morgan fingerprint density at radius 1 is 0.818 bits per heavy atom. The van der Waals surface area contributed by atoms with E-state index < -0.39 is 0 Å². The summed E-state index contributed by atoms with van der Waals surface area (Å²) < 4.78 is 0. The van der Waals surface area contributed by atoms with Crippen LogP contribution in [0.25, 0.3) is 16.8 Å². The molecule has 0 N–H and O–H groups in total. The van der Waals surface area contributed by atoms with E-state index in [2.05, 4.69) is 90.8 Å². The molecule has 0 heterocycles. The van der Waals surface area contributed by atoms with Crippen molar-refractivity contribution in [2.45, 2.75) is 6.54 Å². The SMILES string of the molecule is CN(CC=Cc1ccccc1)Cc1cccc2ccccc12. The van der Waals surface area contributed by atoms with Crippen molar-refractivity contribution in [3.63, 3.8) is 0 Å². The van der Waals surface area contributed by atoms with Crippen LogP contribution in [0.1, 0.15) is 11.1 Å². The summed E-state index contributed by atoms with van der Waals surface area (Å²) in [6, 6.07) is 25.6. The molecule has 0 aliphatic carbocycles. The van der Waals surface area contributed by atoms with Gasteiger partial charge in [0.05, 0.1) is 0 Å². The van der Waals surface area contributed by atoms with Gasteiger partial charge in [-0.2, -0.15) is 0 Å². The van der Waals surface area contributed by atoms with Gasteiger partial charge in [0.1, 0.15) is 0 Å². The summed E-state index contributed by atoms with van der Waals surface area (Å²) in [7, 11) is 2.16. The molecule has 0 saturated carbocycles. The van der Waals surface area contributed by atoms with Gasteiger partial charge in [0.25, 0.3) is 0 Å². The fourth-order valence-corrected chi connectivity index (χ4v) is 2.72. The highest BCUT2D eigenvalue weighted by molar-refractivity contribution is 5.85. The summed E-state index contributed by atoms with van der Waals surface area (Å²) in [4.78, 5) is 2.33. The van der Waals surface area contributed by atoms with E-state index in [0.29, 0.717) is 0 Å². The third-order valence-corrected chi connectivity index (χ3v) is 3.85. The van der Waals surface area contributed by atoms with E-state index in [1.54, 1.807) is 0 Å². The predicted molar refractivity (Wildman–Crippen MR) is 95.8 cm³/mol.